The summed E-state index contributed by atoms with van der Waals surface area (Å²) in [5, 5.41) is 12.0. The monoisotopic (exact) mass is 287 g/mol. The van der Waals surface area contributed by atoms with Gasteiger partial charge in [0.05, 0.1) is 11.3 Å². The van der Waals surface area contributed by atoms with Crippen LogP contribution in [0.4, 0.5) is 17.2 Å². The molecular weight excluding hydrogens is 274 g/mol. The Hall–Kier alpha value is -2.96. The summed E-state index contributed by atoms with van der Waals surface area (Å²) in [6, 6.07) is 6.66. The van der Waals surface area contributed by atoms with Crippen LogP contribution in [0.5, 0.6) is 11.5 Å². The van der Waals surface area contributed by atoms with Gasteiger partial charge in [-0.25, -0.2) is 9.78 Å². The lowest BCUT2D eigenvalue weighted by Crippen LogP contribution is -2.15. The highest BCUT2D eigenvalue weighted by Gasteiger charge is 2.15. The number of nitrogen functional groups attached to an aromatic ring is 1. The molecule has 108 valence electrons. The lowest BCUT2D eigenvalue weighted by molar-refractivity contribution is 0.0698. The van der Waals surface area contributed by atoms with Crippen molar-refractivity contribution in [2.45, 2.75) is 0 Å². The Kier molecular flexibility index (Phi) is 3.23. The van der Waals surface area contributed by atoms with E-state index in [1.807, 2.05) is 0 Å². The van der Waals surface area contributed by atoms with E-state index < -0.39 is 5.97 Å². The highest BCUT2D eigenvalue weighted by atomic mass is 16.6. The number of aromatic carboxylic acids is 1. The van der Waals surface area contributed by atoms with Crippen LogP contribution in [-0.4, -0.2) is 29.3 Å². The zero-order valence-electron chi connectivity index (χ0n) is 11.0. The van der Waals surface area contributed by atoms with Crippen molar-refractivity contribution < 1.29 is 19.4 Å². The topological polar surface area (TPSA) is 107 Å². The molecule has 0 bridgehead atoms. The lowest BCUT2D eigenvalue weighted by Gasteiger charge is -2.19. The fourth-order valence-corrected chi connectivity index (χ4v) is 2.02. The molecule has 7 heteroatoms. The minimum absolute atomic E-state index is 0.00467. The zero-order chi connectivity index (χ0) is 14.8. The normalized spacial score (nSPS) is 12.8. The number of ether oxygens (including phenoxy) is 2. The number of benzene rings is 1. The van der Waals surface area contributed by atoms with E-state index in [1.165, 1.54) is 12.3 Å². The molecule has 0 fully saturated rings. The maximum atomic E-state index is 11.0. The molecule has 0 spiro atoms. The first-order chi connectivity index (χ1) is 10.1. The third-order valence-corrected chi connectivity index (χ3v) is 3.03. The molecule has 7 nitrogen and oxygen atoms in total. The molecule has 0 radical (unpaired) electrons. The molecule has 1 aromatic carbocycles. The molecule has 0 atom stereocenters. The summed E-state index contributed by atoms with van der Waals surface area (Å²) in [5.41, 5.74) is 6.58. The predicted molar refractivity (Wildman–Crippen MR) is 76.3 cm³/mol. The number of carbonyl (C=O) groups is 1. The maximum Gasteiger partial charge on any atom is 0.337 e. The number of pyridine rings is 1. The Morgan fingerprint density at radius 1 is 1.24 bits per heavy atom. The highest BCUT2D eigenvalue weighted by Crippen LogP contribution is 2.34. The first kappa shape index (κ1) is 13.0. The average molecular weight is 287 g/mol. The third kappa shape index (κ3) is 2.53. The molecule has 0 saturated heterocycles. The molecule has 21 heavy (non-hydrogen) atoms. The zero-order valence-corrected chi connectivity index (χ0v) is 11.0. The van der Waals surface area contributed by atoms with Crippen molar-refractivity contribution >= 4 is 23.2 Å². The van der Waals surface area contributed by atoms with Crippen LogP contribution < -0.4 is 20.5 Å². The van der Waals surface area contributed by atoms with E-state index in [0.717, 1.165) is 0 Å². The Labute approximate surface area is 120 Å². The van der Waals surface area contributed by atoms with Gasteiger partial charge in [0, 0.05) is 18.0 Å². The van der Waals surface area contributed by atoms with Gasteiger partial charge in [0.1, 0.15) is 13.2 Å². The first-order valence-electron chi connectivity index (χ1n) is 6.29. The molecule has 1 aliphatic heterocycles. The third-order valence-electron chi connectivity index (χ3n) is 3.03. The van der Waals surface area contributed by atoms with Gasteiger partial charge in [-0.1, -0.05) is 0 Å². The van der Waals surface area contributed by atoms with Crippen molar-refractivity contribution in [1.29, 1.82) is 0 Å². The van der Waals surface area contributed by atoms with Gasteiger partial charge < -0.3 is 25.6 Å². The molecular formula is C14H13N3O4. The van der Waals surface area contributed by atoms with Crippen LogP contribution in [0.1, 0.15) is 10.4 Å². The average Bonchev–Trinajstić information content (AvgIpc) is 2.49. The summed E-state index contributed by atoms with van der Waals surface area (Å²) in [7, 11) is 0. The summed E-state index contributed by atoms with van der Waals surface area (Å²) in [6.45, 7) is 1.01. The Morgan fingerprint density at radius 3 is 2.76 bits per heavy atom. The van der Waals surface area contributed by atoms with Crippen LogP contribution in [0.15, 0.2) is 30.5 Å². The molecule has 1 aromatic heterocycles. The van der Waals surface area contributed by atoms with E-state index in [0.29, 0.717) is 30.4 Å². The number of carboxylic acids is 1. The van der Waals surface area contributed by atoms with E-state index in [9.17, 15) is 4.79 Å². The Morgan fingerprint density at radius 2 is 2.00 bits per heavy atom. The van der Waals surface area contributed by atoms with Crippen molar-refractivity contribution in [1.82, 2.24) is 4.98 Å². The van der Waals surface area contributed by atoms with Crippen LogP contribution >= 0.6 is 0 Å². The molecule has 0 unspecified atom stereocenters. The second kappa shape index (κ2) is 5.20. The molecule has 2 aromatic rings. The number of carboxylic acid groups (broad SMARTS) is 1. The van der Waals surface area contributed by atoms with E-state index in [1.54, 1.807) is 18.2 Å². The first-order valence-corrected chi connectivity index (χ1v) is 6.29. The Balaban J connectivity index is 1.90. The minimum atomic E-state index is -1.10. The van der Waals surface area contributed by atoms with E-state index >= 15 is 0 Å². The van der Waals surface area contributed by atoms with Crippen molar-refractivity contribution in [3.05, 3.63) is 36.0 Å². The molecule has 1 aliphatic rings. The van der Waals surface area contributed by atoms with Gasteiger partial charge in [0.25, 0.3) is 0 Å². The van der Waals surface area contributed by atoms with Crippen molar-refractivity contribution in [2.24, 2.45) is 0 Å². The van der Waals surface area contributed by atoms with Crippen LogP contribution in [0.3, 0.4) is 0 Å². The number of hydrogen-bond acceptors (Lipinski definition) is 6. The van der Waals surface area contributed by atoms with Gasteiger partial charge in [-0.15, -0.1) is 0 Å². The quantitative estimate of drug-likeness (QED) is 0.791. The summed E-state index contributed by atoms with van der Waals surface area (Å²) in [4.78, 5) is 15.1. The van der Waals surface area contributed by atoms with E-state index in [2.05, 4.69) is 10.3 Å². The summed E-state index contributed by atoms with van der Waals surface area (Å²) < 4.78 is 10.9. The van der Waals surface area contributed by atoms with Gasteiger partial charge in [-0.05, 0) is 18.2 Å². The summed E-state index contributed by atoms with van der Waals surface area (Å²) in [6.07, 6.45) is 1.39. The summed E-state index contributed by atoms with van der Waals surface area (Å²) >= 11 is 0. The number of hydrogen-bond donors (Lipinski definition) is 3. The van der Waals surface area contributed by atoms with Crippen LogP contribution in [-0.2, 0) is 0 Å². The largest absolute Gasteiger partial charge is 0.486 e. The van der Waals surface area contributed by atoms with Gasteiger partial charge in [0.15, 0.2) is 17.3 Å². The fourth-order valence-electron chi connectivity index (χ4n) is 2.02. The number of nitrogens with zero attached hydrogens (tertiary/aromatic N) is 1. The number of rotatable bonds is 3. The highest BCUT2D eigenvalue weighted by molar-refractivity contribution is 5.96. The smallest absolute Gasteiger partial charge is 0.337 e. The van der Waals surface area contributed by atoms with Crippen LogP contribution in [0, 0.1) is 0 Å². The lowest BCUT2D eigenvalue weighted by atomic mass is 10.2. The number of nitrogens with two attached hydrogens (primary N) is 1. The van der Waals surface area contributed by atoms with E-state index in [-0.39, 0.29) is 17.1 Å². The molecule has 0 saturated carbocycles. The van der Waals surface area contributed by atoms with Crippen LogP contribution in [0.2, 0.25) is 0 Å². The van der Waals surface area contributed by atoms with Crippen molar-refractivity contribution in [3.8, 4) is 11.5 Å². The second-order valence-corrected chi connectivity index (χ2v) is 4.41. The summed E-state index contributed by atoms with van der Waals surface area (Å²) in [5.74, 6) is 0.484. The Bertz CT molecular complexity index is 703. The molecule has 0 aliphatic carbocycles. The number of anilines is 3. The second-order valence-electron chi connectivity index (χ2n) is 4.41. The van der Waals surface area contributed by atoms with Crippen molar-refractivity contribution in [2.75, 3.05) is 24.3 Å². The molecule has 4 N–H and O–H groups in total. The standard InChI is InChI=1S/C14H13N3O4/c15-12-9(14(18)19)3-4-16-13(12)17-8-1-2-10-11(7-8)21-6-5-20-10/h1-4,7H,5-6,15H2,(H,16,17)(H,18,19). The number of aromatic nitrogens is 1. The minimum Gasteiger partial charge on any atom is -0.486 e. The van der Waals surface area contributed by atoms with E-state index in [4.69, 9.17) is 20.3 Å². The molecule has 2 heterocycles. The molecule has 3 rings (SSSR count). The predicted octanol–water partition coefficient (Wildman–Crippen LogP) is 1.88. The van der Waals surface area contributed by atoms with Crippen molar-refractivity contribution in [3.63, 3.8) is 0 Å². The fraction of sp³-hybridized carbons (Fsp3) is 0.143. The van der Waals surface area contributed by atoms with Gasteiger partial charge in [0.2, 0.25) is 0 Å². The number of fused-ring (bicyclic) bond motifs is 1. The van der Waals surface area contributed by atoms with Gasteiger partial charge >= 0.3 is 5.97 Å². The van der Waals surface area contributed by atoms with Gasteiger partial charge in [-0.3, -0.25) is 0 Å². The maximum absolute atomic E-state index is 11.0. The number of nitrogens with one attached hydrogen (secondary N) is 1. The van der Waals surface area contributed by atoms with Crippen LogP contribution in [0.25, 0.3) is 0 Å². The SMILES string of the molecule is Nc1c(C(=O)O)ccnc1Nc1ccc2c(c1)OCCO2. The molecule has 0 amide bonds. The van der Waals surface area contributed by atoms with Gasteiger partial charge in [-0.2, -0.15) is 0 Å².